The van der Waals surface area contributed by atoms with Gasteiger partial charge in [-0.05, 0) is 60.7 Å². The molecule has 1 aliphatic heterocycles. The van der Waals surface area contributed by atoms with Crippen molar-refractivity contribution < 1.29 is 24.9 Å². The van der Waals surface area contributed by atoms with E-state index in [9.17, 15) is 24.9 Å². The molecule has 0 unspecified atom stereocenters. The van der Waals surface area contributed by atoms with E-state index in [0.717, 1.165) is 23.4 Å². The first-order chi connectivity index (χ1) is 12.9. The van der Waals surface area contributed by atoms with Crippen LogP contribution in [0.5, 0.6) is 11.5 Å². The Balaban J connectivity index is 1.99. The normalized spacial score (nSPS) is 17.1. The molecule has 8 heteroatoms. The van der Waals surface area contributed by atoms with Crippen molar-refractivity contribution in [3.63, 3.8) is 0 Å². The Morgan fingerprint density at radius 2 is 1.81 bits per heavy atom. The Bertz CT molecular complexity index is 967. The minimum Gasteiger partial charge on any atom is -0.508 e. The van der Waals surface area contributed by atoms with Gasteiger partial charge in [-0.3, -0.25) is 9.69 Å². The number of likely N-dealkylation sites (N-methyl/N-ethyl adjacent to an activating group) is 1. The van der Waals surface area contributed by atoms with Crippen LogP contribution in [-0.2, 0) is 4.79 Å². The van der Waals surface area contributed by atoms with Gasteiger partial charge < -0.3 is 15.3 Å². The molecule has 0 atom stereocenters. The summed E-state index contributed by atoms with van der Waals surface area (Å²) in [6.07, 6.45) is 1.69. The number of carboxylic acid groups (broad SMARTS) is 1. The summed E-state index contributed by atoms with van der Waals surface area (Å²) >= 11 is 1.14. The lowest BCUT2D eigenvalue weighted by atomic mass is 10.2. The second kappa shape index (κ2) is 7.55. The van der Waals surface area contributed by atoms with Gasteiger partial charge in [0.15, 0.2) is 5.17 Å². The number of nitrogens with zero attached hydrogens (tertiary/aromatic N) is 2. The average Bonchev–Trinajstić information content (AvgIpc) is 2.92. The number of amidine groups is 1. The number of rotatable bonds is 4. The fourth-order valence-electron chi connectivity index (χ4n) is 2.49. The van der Waals surface area contributed by atoms with Crippen LogP contribution in [0.25, 0.3) is 6.08 Å². The number of carboxylic acids is 1. The second-order valence-corrected chi connectivity index (χ2v) is 6.66. The van der Waals surface area contributed by atoms with Gasteiger partial charge >= 0.3 is 5.97 Å². The molecule has 0 saturated carbocycles. The summed E-state index contributed by atoms with van der Waals surface area (Å²) in [5.41, 5.74) is 0.749. The second-order valence-electron chi connectivity index (χ2n) is 5.65. The fourth-order valence-corrected chi connectivity index (χ4v) is 3.54. The van der Waals surface area contributed by atoms with Crippen molar-refractivity contribution in [2.24, 2.45) is 4.99 Å². The van der Waals surface area contributed by atoms with Crippen LogP contribution in [0, 0.1) is 0 Å². The molecule has 3 N–H and O–H groups in total. The number of hydrogen-bond donors (Lipinski definition) is 3. The zero-order valence-corrected chi connectivity index (χ0v) is 15.1. The first kappa shape index (κ1) is 18.5. The third-order valence-corrected chi connectivity index (χ3v) is 4.83. The van der Waals surface area contributed by atoms with Crippen molar-refractivity contribution >= 4 is 40.6 Å². The highest BCUT2D eigenvalue weighted by Crippen LogP contribution is 2.35. The predicted molar refractivity (Wildman–Crippen MR) is 103 cm³/mol. The van der Waals surface area contributed by atoms with Crippen LogP contribution >= 0.6 is 11.8 Å². The van der Waals surface area contributed by atoms with E-state index in [1.165, 1.54) is 29.2 Å². The molecule has 7 nitrogen and oxygen atoms in total. The summed E-state index contributed by atoms with van der Waals surface area (Å²) in [7, 11) is 0. The topological polar surface area (TPSA) is 110 Å². The number of amides is 1. The summed E-state index contributed by atoms with van der Waals surface area (Å²) in [6, 6.07) is 10.3. The van der Waals surface area contributed by atoms with E-state index in [0.29, 0.717) is 16.6 Å². The number of aromatic hydroxyl groups is 2. The van der Waals surface area contributed by atoms with Crippen LogP contribution in [-0.4, -0.2) is 43.8 Å². The molecule has 0 radical (unpaired) electrons. The van der Waals surface area contributed by atoms with Gasteiger partial charge in [0.05, 0.1) is 16.2 Å². The molecule has 0 spiro atoms. The maximum absolute atomic E-state index is 12.6. The van der Waals surface area contributed by atoms with Crippen LogP contribution in [0.1, 0.15) is 22.8 Å². The zero-order chi connectivity index (χ0) is 19.6. The molecule has 1 amide bonds. The molecular weight excluding hydrogens is 368 g/mol. The average molecular weight is 384 g/mol. The smallest absolute Gasteiger partial charge is 0.338 e. The Labute approximate surface area is 159 Å². The van der Waals surface area contributed by atoms with E-state index in [-0.39, 0.29) is 28.7 Å². The summed E-state index contributed by atoms with van der Waals surface area (Å²) in [5.74, 6) is -1.49. The van der Waals surface area contributed by atoms with E-state index in [1.807, 2.05) is 0 Å². The highest BCUT2D eigenvalue weighted by atomic mass is 32.2. The first-order valence-electron chi connectivity index (χ1n) is 8.04. The SMILES string of the molecule is CCN1C(=O)/C(=C/c2ccc(O)cc2)SC1=Nc1ccc(O)cc1C(=O)O. The van der Waals surface area contributed by atoms with Gasteiger partial charge in [-0.15, -0.1) is 0 Å². The Hall–Kier alpha value is -3.26. The zero-order valence-electron chi connectivity index (χ0n) is 14.3. The summed E-state index contributed by atoms with van der Waals surface area (Å²) in [4.78, 5) is 30.3. The maximum Gasteiger partial charge on any atom is 0.338 e. The number of carbonyl (C=O) groups is 2. The quantitative estimate of drug-likeness (QED) is 0.697. The van der Waals surface area contributed by atoms with Crippen molar-refractivity contribution in [1.29, 1.82) is 0 Å². The van der Waals surface area contributed by atoms with Gasteiger partial charge in [0, 0.05) is 6.54 Å². The molecule has 0 aliphatic carbocycles. The molecule has 1 aliphatic rings. The van der Waals surface area contributed by atoms with E-state index in [1.54, 1.807) is 25.1 Å². The van der Waals surface area contributed by atoms with Crippen molar-refractivity contribution in [3.05, 3.63) is 58.5 Å². The fraction of sp³-hybridized carbons (Fsp3) is 0.105. The third-order valence-electron chi connectivity index (χ3n) is 3.82. The number of hydrogen-bond acceptors (Lipinski definition) is 6. The van der Waals surface area contributed by atoms with Crippen LogP contribution < -0.4 is 0 Å². The Morgan fingerprint density at radius 3 is 2.44 bits per heavy atom. The molecule has 0 bridgehead atoms. The number of phenolic OH excluding ortho intramolecular Hbond substituents is 2. The molecule has 3 rings (SSSR count). The first-order valence-corrected chi connectivity index (χ1v) is 8.86. The highest BCUT2D eigenvalue weighted by molar-refractivity contribution is 8.18. The maximum atomic E-state index is 12.6. The number of thioether (sulfide) groups is 1. The molecule has 2 aromatic carbocycles. The molecular formula is C19H16N2O5S. The van der Waals surface area contributed by atoms with Crippen molar-refractivity contribution in [2.75, 3.05) is 6.54 Å². The van der Waals surface area contributed by atoms with Gasteiger partial charge in [-0.25, -0.2) is 9.79 Å². The summed E-state index contributed by atoms with van der Waals surface area (Å²) in [6.45, 7) is 2.17. The summed E-state index contributed by atoms with van der Waals surface area (Å²) < 4.78 is 0. The lowest BCUT2D eigenvalue weighted by molar-refractivity contribution is -0.122. The summed E-state index contributed by atoms with van der Waals surface area (Å²) in [5, 5.41) is 28.5. The van der Waals surface area contributed by atoms with Gasteiger partial charge in [0.2, 0.25) is 0 Å². The van der Waals surface area contributed by atoms with E-state index in [2.05, 4.69) is 4.99 Å². The molecule has 1 heterocycles. The number of aliphatic imine (C=N–C) groups is 1. The van der Waals surface area contributed by atoms with Gasteiger partial charge in [0.25, 0.3) is 5.91 Å². The molecule has 27 heavy (non-hydrogen) atoms. The Morgan fingerprint density at radius 1 is 1.15 bits per heavy atom. The van der Waals surface area contributed by atoms with E-state index < -0.39 is 5.97 Å². The molecule has 1 saturated heterocycles. The van der Waals surface area contributed by atoms with Crippen molar-refractivity contribution in [1.82, 2.24) is 4.90 Å². The lowest BCUT2D eigenvalue weighted by Crippen LogP contribution is -2.28. The minimum absolute atomic E-state index is 0.133. The van der Waals surface area contributed by atoms with Crippen molar-refractivity contribution in [2.45, 2.75) is 6.92 Å². The van der Waals surface area contributed by atoms with E-state index in [4.69, 9.17) is 0 Å². The van der Waals surface area contributed by atoms with E-state index >= 15 is 0 Å². The van der Waals surface area contributed by atoms with Gasteiger partial charge in [0.1, 0.15) is 11.5 Å². The van der Waals surface area contributed by atoms with Crippen LogP contribution in [0.3, 0.4) is 0 Å². The van der Waals surface area contributed by atoms with Gasteiger partial charge in [-0.2, -0.15) is 0 Å². The standard InChI is InChI=1S/C19H16N2O5S/c1-2-21-17(24)16(9-11-3-5-12(22)6-4-11)27-19(21)20-15-8-7-13(23)10-14(15)18(25)26/h3-10,22-23H,2H2,1H3,(H,25,26)/b16-9-,20-19?. The lowest BCUT2D eigenvalue weighted by Gasteiger charge is -2.12. The number of carbonyl (C=O) groups excluding carboxylic acids is 1. The Kier molecular flexibility index (Phi) is 5.18. The van der Waals surface area contributed by atoms with Crippen LogP contribution in [0.2, 0.25) is 0 Å². The molecule has 138 valence electrons. The number of phenols is 2. The number of benzene rings is 2. The molecule has 1 fully saturated rings. The number of aromatic carboxylic acids is 1. The van der Waals surface area contributed by atoms with Crippen LogP contribution in [0.15, 0.2) is 52.4 Å². The third kappa shape index (κ3) is 3.95. The van der Waals surface area contributed by atoms with Crippen molar-refractivity contribution in [3.8, 4) is 11.5 Å². The highest BCUT2D eigenvalue weighted by Gasteiger charge is 2.32. The van der Waals surface area contributed by atoms with Gasteiger partial charge in [-0.1, -0.05) is 12.1 Å². The van der Waals surface area contributed by atoms with Crippen LogP contribution in [0.4, 0.5) is 5.69 Å². The minimum atomic E-state index is -1.22. The monoisotopic (exact) mass is 384 g/mol. The predicted octanol–water partition coefficient (Wildman–Crippen LogP) is 3.42. The molecule has 2 aromatic rings. The molecule has 0 aromatic heterocycles. The largest absolute Gasteiger partial charge is 0.508 e.